The van der Waals surface area contributed by atoms with Crippen molar-refractivity contribution in [2.24, 2.45) is 0 Å². The largest absolute Gasteiger partial charge is 0.310 e. The van der Waals surface area contributed by atoms with E-state index in [1.807, 2.05) is 0 Å². The molecule has 2 aromatic heterocycles. The van der Waals surface area contributed by atoms with Crippen LogP contribution in [0.3, 0.4) is 0 Å². The number of nitrogens with zero attached hydrogens (tertiary/aromatic N) is 2. The molecule has 0 aliphatic carbocycles. The van der Waals surface area contributed by atoms with Crippen LogP contribution in [0.2, 0.25) is 0 Å². The number of hydrogen-bond donors (Lipinski definition) is 0. The number of fused-ring (bicyclic) bond motifs is 6. The Hall–Kier alpha value is -7.03. The molecule has 0 amide bonds. The molecule has 0 saturated carbocycles. The summed E-state index contributed by atoms with van der Waals surface area (Å²) in [6, 6.07) is 66.3. The van der Waals surface area contributed by atoms with Crippen molar-refractivity contribution < 1.29 is 0 Å². The maximum Gasteiger partial charge on any atom is 0.141 e. The third-order valence-electron chi connectivity index (χ3n) is 13.7. The van der Waals surface area contributed by atoms with Crippen molar-refractivity contribution in [2.75, 3.05) is 0 Å². The zero-order valence-electron chi connectivity index (χ0n) is 36.2. The van der Waals surface area contributed by atoms with Crippen LogP contribution in [0.4, 0.5) is 0 Å². The van der Waals surface area contributed by atoms with Crippen LogP contribution in [-0.2, 0) is 0 Å². The zero-order valence-corrected chi connectivity index (χ0v) is 36.2. The first kappa shape index (κ1) is 37.9. The molecule has 11 rings (SSSR count). The predicted octanol–water partition coefficient (Wildman–Crippen LogP) is 4.10. The quantitative estimate of drug-likeness (QED) is 0.225. The second kappa shape index (κ2) is 14.9. The lowest BCUT2D eigenvalue weighted by Crippen LogP contribution is -2.41. The van der Waals surface area contributed by atoms with Crippen molar-refractivity contribution in [2.45, 2.75) is 0 Å². The van der Waals surface area contributed by atoms with Gasteiger partial charge in [0, 0.05) is 49.5 Å². The van der Waals surface area contributed by atoms with Crippen LogP contribution in [0.5, 0.6) is 0 Å². The highest BCUT2D eigenvalue weighted by atomic mass is 15.0. The molecule has 2 nitrogen and oxygen atoms in total. The average molecular weight is 784 g/mol. The minimum absolute atomic E-state index is 1.16. The molecule has 286 valence electrons. The van der Waals surface area contributed by atoms with Crippen LogP contribution < -0.4 is 32.8 Å². The van der Waals surface area contributed by atoms with E-state index < -0.39 is 0 Å². The molecule has 0 aliphatic rings. The van der Waals surface area contributed by atoms with E-state index in [0.717, 1.165) is 5.69 Å². The summed E-state index contributed by atoms with van der Waals surface area (Å²) in [6.07, 6.45) is 0. The summed E-state index contributed by atoms with van der Waals surface area (Å²) in [5, 5.41) is 5.21. The van der Waals surface area contributed by atoms with Gasteiger partial charge in [0.1, 0.15) is 47.1 Å². The summed E-state index contributed by atoms with van der Waals surface area (Å²) in [5.41, 5.74) is 25.3. The third kappa shape index (κ3) is 5.73. The van der Waals surface area contributed by atoms with Crippen molar-refractivity contribution in [3.8, 4) is 55.9 Å². The van der Waals surface area contributed by atoms with Crippen LogP contribution in [0.1, 0.15) is 0 Å². The Morgan fingerprint density at radius 2 is 0.677 bits per heavy atom. The molecule has 0 atom stereocenters. The molecule has 2 heterocycles. The van der Waals surface area contributed by atoms with Crippen molar-refractivity contribution in [3.05, 3.63) is 182 Å². The standard InChI is InChI=1S/C54H42B6N2/c55-46-42-39-19-10-11-22-41(39)61(36-27-23-33(24-28-36)31-13-4-1-5-14-31)53(42)50(59)48(57)44(46)45-47(56)43-40-21-12-20-38(35-17-8-3-9-18-35)52(40)62(54(43)51(60)49(45)58)37-29-25-34(26-30-37)32-15-6-2-7-16-32/h1-30H,55-60H2. The molecule has 0 unspecified atom stereocenters. The fourth-order valence-corrected chi connectivity index (χ4v) is 10.6. The minimum atomic E-state index is 1.16. The van der Waals surface area contributed by atoms with E-state index in [0.29, 0.717) is 0 Å². The average Bonchev–Trinajstić information content (AvgIpc) is 3.87. The number of para-hydroxylation sites is 2. The second-order valence-corrected chi connectivity index (χ2v) is 17.0. The molecule has 9 aromatic carbocycles. The molecular weight excluding hydrogens is 741 g/mol. The van der Waals surface area contributed by atoms with E-state index in [2.05, 4.69) is 238 Å². The fourth-order valence-electron chi connectivity index (χ4n) is 10.6. The Morgan fingerprint density at radius 3 is 1.21 bits per heavy atom. The lowest BCUT2D eigenvalue weighted by atomic mass is 9.63. The van der Waals surface area contributed by atoms with Crippen LogP contribution in [0, 0.1) is 0 Å². The number of rotatable bonds is 6. The molecule has 0 saturated heterocycles. The first-order chi connectivity index (χ1) is 30.3. The van der Waals surface area contributed by atoms with Crippen LogP contribution in [0.25, 0.3) is 99.5 Å². The SMILES string of the molecule is Bc1c(-c2c(B)c(B)c3c(c2B)c2cccc(-c4ccccc4)c2n3-c2ccc(-c3ccccc3)cc2)c(B)c2c3ccccc3n(-c3ccc(-c4ccccc4)cc3)c2c1B. The van der Waals surface area contributed by atoms with Gasteiger partial charge in [0.2, 0.25) is 0 Å². The normalized spacial score (nSPS) is 11.6. The van der Waals surface area contributed by atoms with Gasteiger partial charge in [-0.05, 0) is 69.3 Å². The van der Waals surface area contributed by atoms with Gasteiger partial charge in [-0.1, -0.05) is 184 Å². The Labute approximate surface area is 368 Å². The highest BCUT2D eigenvalue weighted by Gasteiger charge is 2.27. The molecule has 0 fully saturated rings. The Morgan fingerprint density at radius 1 is 0.274 bits per heavy atom. The highest BCUT2D eigenvalue weighted by molar-refractivity contribution is 6.65. The second-order valence-electron chi connectivity index (χ2n) is 17.0. The van der Waals surface area contributed by atoms with Gasteiger partial charge in [-0.2, -0.15) is 0 Å². The lowest BCUT2D eigenvalue weighted by molar-refractivity contribution is 1.19. The number of benzene rings is 9. The maximum atomic E-state index is 2.55. The first-order valence-electron chi connectivity index (χ1n) is 21.8. The molecule has 0 spiro atoms. The molecule has 8 heteroatoms. The summed E-state index contributed by atoms with van der Waals surface area (Å²) in [5.74, 6) is 0. The predicted molar refractivity (Wildman–Crippen MR) is 286 cm³/mol. The van der Waals surface area contributed by atoms with E-state index in [4.69, 9.17) is 0 Å². The molecule has 0 bridgehead atoms. The maximum absolute atomic E-state index is 2.55. The Bertz CT molecular complexity index is 3540. The van der Waals surface area contributed by atoms with E-state index in [9.17, 15) is 0 Å². The lowest BCUT2D eigenvalue weighted by Gasteiger charge is -2.24. The van der Waals surface area contributed by atoms with Crippen LogP contribution in [-0.4, -0.2) is 56.2 Å². The molecule has 0 radical (unpaired) electrons. The monoisotopic (exact) mass is 784 g/mol. The highest BCUT2D eigenvalue weighted by Crippen LogP contribution is 2.39. The van der Waals surface area contributed by atoms with Crippen LogP contribution >= 0.6 is 0 Å². The van der Waals surface area contributed by atoms with Gasteiger partial charge in [0.15, 0.2) is 0 Å². The summed E-state index contributed by atoms with van der Waals surface area (Å²) < 4.78 is 5.04. The van der Waals surface area contributed by atoms with E-state index >= 15 is 0 Å². The van der Waals surface area contributed by atoms with Crippen molar-refractivity contribution in [1.29, 1.82) is 0 Å². The van der Waals surface area contributed by atoms with Gasteiger partial charge in [0.05, 0.1) is 11.0 Å². The van der Waals surface area contributed by atoms with E-state index in [1.54, 1.807) is 0 Å². The van der Waals surface area contributed by atoms with Crippen LogP contribution in [0.15, 0.2) is 182 Å². The molecule has 62 heavy (non-hydrogen) atoms. The van der Waals surface area contributed by atoms with Gasteiger partial charge in [-0.25, -0.2) is 0 Å². The number of aromatic nitrogens is 2. The number of hydrogen-bond acceptors (Lipinski definition) is 0. The molecule has 0 N–H and O–H groups in total. The minimum Gasteiger partial charge on any atom is -0.310 e. The summed E-state index contributed by atoms with van der Waals surface area (Å²) in [4.78, 5) is 0. The summed E-state index contributed by atoms with van der Waals surface area (Å²) in [6.45, 7) is 0. The Balaban J connectivity index is 1.18. The van der Waals surface area contributed by atoms with Crippen molar-refractivity contribution >= 4 is 123 Å². The fraction of sp³-hybridized carbons (Fsp3) is 0. The molecule has 11 aromatic rings. The van der Waals surface area contributed by atoms with E-state index in [1.165, 1.54) is 127 Å². The van der Waals surface area contributed by atoms with E-state index in [-0.39, 0.29) is 0 Å². The van der Waals surface area contributed by atoms with Gasteiger partial charge in [0.25, 0.3) is 0 Å². The zero-order chi connectivity index (χ0) is 42.2. The van der Waals surface area contributed by atoms with Gasteiger partial charge in [-0.15, -0.1) is 0 Å². The topological polar surface area (TPSA) is 9.86 Å². The molecule has 0 aliphatic heterocycles. The van der Waals surface area contributed by atoms with Crippen molar-refractivity contribution in [1.82, 2.24) is 9.13 Å². The first-order valence-corrected chi connectivity index (χ1v) is 21.8. The summed E-state index contributed by atoms with van der Waals surface area (Å²) >= 11 is 0. The van der Waals surface area contributed by atoms with Crippen molar-refractivity contribution in [3.63, 3.8) is 0 Å². The third-order valence-corrected chi connectivity index (χ3v) is 13.7. The molecular formula is C54H42B6N2. The van der Waals surface area contributed by atoms with Gasteiger partial charge in [-0.3, -0.25) is 0 Å². The summed E-state index contributed by atoms with van der Waals surface area (Å²) in [7, 11) is 14.1. The van der Waals surface area contributed by atoms with Gasteiger partial charge >= 0.3 is 0 Å². The van der Waals surface area contributed by atoms with Gasteiger partial charge < -0.3 is 9.13 Å². The Kier molecular flexibility index (Phi) is 9.09. The smallest absolute Gasteiger partial charge is 0.141 e.